The molecule has 2 heterocycles. The van der Waals surface area contributed by atoms with Gasteiger partial charge in [0.25, 0.3) is 0 Å². The van der Waals surface area contributed by atoms with Crippen molar-refractivity contribution in [2.45, 2.75) is 25.8 Å². The lowest BCUT2D eigenvalue weighted by molar-refractivity contribution is -0.117. The summed E-state index contributed by atoms with van der Waals surface area (Å²) < 4.78 is 0. The number of fused-ring (bicyclic) bond motifs is 1. The van der Waals surface area contributed by atoms with Crippen LogP contribution in [0, 0.1) is 6.92 Å². The Labute approximate surface area is 157 Å². The molecule has 0 aliphatic carbocycles. The van der Waals surface area contributed by atoms with Gasteiger partial charge in [-0.05, 0) is 49.6 Å². The molecule has 1 fully saturated rings. The fourth-order valence-electron chi connectivity index (χ4n) is 3.41. The number of benzene rings is 2. The molecule has 0 spiro atoms. The lowest BCUT2D eigenvalue weighted by Gasteiger charge is -2.25. The third-order valence-electron chi connectivity index (χ3n) is 4.79. The summed E-state index contributed by atoms with van der Waals surface area (Å²) in [6.07, 6.45) is 3.31. The van der Waals surface area contributed by atoms with Gasteiger partial charge in [-0.3, -0.25) is 4.79 Å². The zero-order chi connectivity index (χ0) is 18.1. The molecule has 2 aromatic carbocycles. The van der Waals surface area contributed by atoms with Crippen molar-refractivity contribution in [1.29, 1.82) is 0 Å². The van der Waals surface area contributed by atoms with Crippen LogP contribution in [0.5, 0.6) is 0 Å². The maximum atomic E-state index is 12.9. The number of carbonyl (C=O) groups excluding carboxylic acids is 1. The Kier molecular flexibility index (Phi) is 4.47. The first kappa shape index (κ1) is 16.8. The normalized spacial score (nSPS) is 16.8. The SMILES string of the molecule is Cc1ccc(NC(=O)[C@@H]2CCCN2c2ncnc3ccccc23)cc1Cl. The molecule has 3 aromatic rings. The number of rotatable bonds is 3. The summed E-state index contributed by atoms with van der Waals surface area (Å²) in [5, 5.41) is 4.60. The highest BCUT2D eigenvalue weighted by atomic mass is 35.5. The first-order chi connectivity index (χ1) is 12.6. The molecule has 1 aromatic heterocycles. The molecule has 0 unspecified atom stereocenters. The van der Waals surface area contributed by atoms with Crippen LogP contribution in [0.25, 0.3) is 10.9 Å². The molecule has 5 nitrogen and oxygen atoms in total. The standard InChI is InChI=1S/C20H19ClN4O/c1-13-8-9-14(11-16(13)21)24-20(26)18-7-4-10-25(18)19-15-5-2-3-6-17(15)22-12-23-19/h2-3,5-6,8-9,11-12,18H,4,7,10H2,1H3,(H,24,26)/t18-/m0/s1. The third kappa shape index (κ3) is 3.10. The second kappa shape index (κ2) is 6.92. The van der Waals surface area contributed by atoms with Crippen molar-refractivity contribution >= 4 is 39.9 Å². The van der Waals surface area contributed by atoms with E-state index in [0.717, 1.165) is 41.7 Å². The summed E-state index contributed by atoms with van der Waals surface area (Å²) in [6.45, 7) is 2.74. The van der Waals surface area contributed by atoms with E-state index in [1.807, 2.05) is 43.3 Å². The molecule has 1 aliphatic rings. The smallest absolute Gasteiger partial charge is 0.247 e. The van der Waals surface area contributed by atoms with Gasteiger partial charge in [-0.15, -0.1) is 0 Å². The molecule has 26 heavy (non-hydrogen) atoms. The number of halogens is 1. The largest absolute Gasteiger partial charge is 0.344 e. The van der Waals surface area contributed by atoms with Crippen LogP contribution in [0.3, 0.4) is 0 Å². The number of nitrogens with zero attached hydrogens (tertiary/aromatic N) is 3. The van der Waals surface area contributed by atoms with Crippen molar-refractivity contribution in [1.82, 2.24) is 9.97 Å². The van der Waals surface area contributed by atoms with Gasteiger partial charge < -0.3 is 10.2 Å². The number of para-hydroxylation sites is 1. The lowest BCUT2D eigenvalue weighted by Crippen LogP contribution is -2.40. The quantitative estimate of drug-likeness (QED) is 0.754. The maximum Gasteiger partial charge on any atom is 0.247 e. The van der Waals surface area contributed by atoms with Crippen molar-refractivity contribution in [3.63, 3.8) is 0 Å². The number of amides is 1. The van der Waals surface area contributed by atoms with Gasteiger partial charge >= 0.3 is 0 Å². The van der Waals surface area contributed by atoms with Gasteiger partial charge in [0.05, 0.1) is 5.52 Å². The van der Waals surface area contributed by atoms with Crippen molar-refractivity contribution < 1.29 is 4.79 Å². The summed E-state index contributed by atoms with van der Waals surface area (Å²) in [5.41, 5.74) is 2.58. The van der Waals surface area contributed by atoms with E-state index in [0.29, 0.717) is 10.7 Å². The van der Waals surface area contributed by atoms with Crippen LogP contribution in [0.2, 0.25) is 5.02 Å². The molecule has 1 N–H and O–H groups in total. The van der Waals surface area contributed by atoms with E-state index in [1.165, 1.54) is 0 Å². The number of carbonyl (C=O) groups is 1. The number of nitrogens with one attached hydrogen (secondary N) is 1. The van der Waals surface area contributed by atoms with E-state index in [2.05, 4.69) is 20.2 Å². The summed E-state index contributed by atoms with van der Waals surface area (Å²) in [4.78, 5) is 23.8. The minimum absolute atomic E-state index is 0.0369. The Morgan fingerprint density at radius 1 is 1.23 bits per heavy atom. The van der Waals surface area contributed by atoms with Crippen molar-refractivity contribution in [2.75, 3.05) is 16.8 Å². The molecule has 4 rings (SSSR count). The lowest BCUT2D eigenvalue weighted by atomic mass is 10.1. The minimum atomic E-state index is -0.256. The number of aryl methyl sites for hydroxylation is 1. The van der Waals surface area contributed by atoms with Crippen LogP contribution in [0.1, 0.15) is 18.4 Å². The summed E-state index contributed by atoms with van der Waals surface area (Å²) in [7, 11) is 0. The van der Waals surface area contributed by atoms with Gasteiger partial charge in [-0.2, -0.15) is 0 Å². The van der Waals surface area contributed by atoms with E-state index >= 15 is 0 Å². The number of hydrogen-bond donors (Lipinski definition) is 1. The molecule has 0 saturated carbocycles. The van der Waals surface area contributed by atoms with Crippen LogP contribution >= 0.6 is 11.6 Å². The summed E-state index contributed by atoms with van der Waals surface area (Å²) in [5.74, 6) is 0.778. The van der Waals surface area contributed by atoms with Crippen molar-refractivity contribution in [3.05, 3.63) is 59.4 Å². The highest BCUT2D eigenvalue weighted by Crippen LogP contribution is 2.30. The van der Waals surface area contributed by atoms with E-state index in [1.54, 1.807) is 12.4 Å². The second-order valence-electron chi connectivity index (χ2n) is 6.52. The average Bonchev–Trinajstić information content (AvgIpc) is 3.14. The Bertz CT molecular complexity index is 970. The van der Waals surface area contributed by atoms with Gasteiger partial charge in [0.15, 0.2) is 0 Å². The number of anilines is 2. The minimum Gasteiger partial charge on any atom is -0.344 e. The second-order valence-corrected chi connectivity index (χ2v) is 6.93. The Morgan fingerprint density at radius 2 is 2.08 bits per heavy atom. The van der Waals surface area contributed by atoms with Gasteiger partial charge in [0.2, 0.25) is 5.91 Å². The topological polar surface area (TPSA) is 58.1 Å². The van der Waals surface area contributed by atoms with E-state index in [9.17, 15) is 4.79 Å². The first-order valence-electron chi connectivity index (χ1n) is 8.67. The first-order valence-corrected chi connectivity index (χ1v) is 9.05. The highest BCUT2D eigenvalue weighted by molar-refractivity contribution is 6.31. The average molecular weight is 367 g/mol. The van der Waals surface area contributed by atoms with E-state index in [-0.39, 0.29) is 11.9 Å². The molecule has 1 amide bonds. The highest BCUT2D eigenvalue weighted by Gasteiger charge is 2.32. The molecule has 0 radical (unpaired) electrons. The zero-order valence-electron chi connectivity index (χ0n) is 14.4. The third-order valence-corrected chi connectivity index (χ3v) is 5.20. The summed E-state index contributed by atoms with van der Waals surface area (Å²) >= 11 is 6.17. The monoisotopic (exact) mass is 366 g/mol. The maximum absolute atomic E-state index is 12.9. The van der Waals surface area contributed by atoms with E-state index < -0.39 is 0 Å². The number of aromatic nitrogens is 2. The molecule has 1 atom stereocenters. The van der Waals surface area contributed by atoms with Crippen LogP contribution in [-0.2, 0) is 4.79 Å². The van der Waals surface area contributed by atoms with Crippen LogP contribution < -0.4 is 10.2 Å². The fraction of sp³-hybridized carbons (Fsp3) is 0.250. The van der Waals surface area contributed by atoms with E-state index in [4.69, 9.17) is 11.6 Å². The van der Waals surface area contributed by atoms with Crippen molar-refractivity contribution in [3.8, 4) is 0 Å². The van der Waals surface area contributed by atoms with Crippen LogP contribution in [-0.4, -0.2) is 28.5 Å². The molecular formula is C20H19ClN4O. The van der Waals surface area contributed by atoms with Gasteiger partial charge in [-0.25, -0.2) is 9.97 Å². The van der Waals surface area contributed by atoms with Crippen LogP contribution in [0.4, 0.5) is 11.5 Å². The Balaban J connectivity index is 1.61. The molecular weight excluding hydrogens is 348 g/mol. The Morgan fingerprint density at radius 3 is 2.92 bits per heavy atom. The molecule has 1 aliphatic heterocycles. The summed E-state index contributed by atoms with van der Waals surface area (Å²) in [6, 6.07) is 13.2. The fourth-order valence-corrected chi connectivity index (χ4v) is 3.59. The van der Waals surface area contributed by atoms with Gasteiger partial charge in [0, 0.05) is 22.6 Å². The molecule has 6 heteroatoms. The molecule has 0 bridgehead atoms. The molecule has 1 saturated heterocycles. The predicted molar refractivity (Wildman–Crippen MR) is 105 cm³/mol. The van der Waals surface area contributed by atoms with Gasteiger partial charge in [0.1, 0.15) is 18.2 Å². The number of hydrogen-bond acceptors (Lipinski definition) is 4. The molecule has 132 valence electrons. The van der Waals surface area contributed by atoms with Crippen LogP contribution in [0.15, 0.2) is 48.8 Å². The predicted octanol–water partition coefficient (Wildman–Crippen LogP) is 4.20. The Hall–Kier alpha value is -2.66. The zero-order valence-corrected chi connectivity index (χ0v) is 15.2. The van der Waals surface area contributed by atoms with Crippen molar-refractivity contribution in [2.24, 2.45) is 0 Å². The van der Waals surface area contributed by atoms with Gasteiger partial charge in [-0.1, -0.05) is 29.8 Å².